The number of halogens is 2. The van der Waals surface area contributed by atoms with Crippen LogP contribution in [0.4, 0.5) is 8.78 Å². The molecule has 0 bridgehead atoms. The Hall–Kier alpha value is -2.81. The highest BCUT2D eigenvalue weighted by Crippen LogP contribution is 2.44. The molecule has 1 spiro atoms. The predicted molar refractivity (Wildman–Crippen MR) is 109 cm³/mol. The second-order valence-electron chi connectivity index (χ2n) is 8.40. The van der Waals surface area contributed by atoms with Crippen LogP contribution in [0.3, 0.4) is 0 Å². The van der Waals surface area contributed by atoms with Gasteiger partial charge in [0.25, 0.3) is 11.8 Å². The van der Waals surface area contributed by atoms with Crippen LogP contribution in [-0.2, 0) is 16.6 Å². The highest BCUT2D eigenvalue weighted by molar-refractivity contribution is 5.94. The molecule has 1 aromatic heterocycles. The Kier molecular flexibility index (Phi) is 5.55. The summed E-state index contributed by atoms with van der Waals surface area (Å²) in [5.74, 6) is -1.63. The quantitative estimate of drug-likeness (QED) is 0.686. The smallest absolute Gasteiger partial charge is 0.257 e. The first kappa shape index (κ1) is 21.4. The number of rotatable bonds is 4. The number of fused-ring (bicyclic) bond motifs is 1. The van der Waals surface area contributed by atoms with Crippen LogP contribution in [0.5, 0.6) is 0 Å². The van der Waals surface area contributed by atoms with Crippen molar-refractivity contribution < 1.29 is 23.1 Å². The Bertz CT molecular complexity index is 971. The molecule has 4 rings (SSSR count). The third-order valence-electron chi connectivity index (χ3n) is 6.22. The van der Waals surface area contributed by atoms with Gasteiger partial charge in [-0.05, 0) is 31.4 Å². The van der Waals surface area contributed by atoms with Crippen molar-refractivity contribution in [3.63, 3.8) is 0 Å². The van der Waals surface area contributed by atoms with Gasteiger partial charge in [0.15, 0.2) is 5.60 Å². The SMILES string of the molecule is C=C(/C=C(F)\C=C(/C)F)[C@@H]1CC[C@H]2OC3(CCN(C(=O)c4cnn(C)c4)CC3)C(=O)N21. The molecule has 4 heterocycles. The topological polar surface area (TPSA) is 67.7 Å². The zero-order chi connectivity index (χ0) is 22.3. The van der Waals surface area contributed by atoms with Crippen LogP contribution in [0, 0.1) is 0 Å². The molecule has 0 radical (unpaired) electrons. The van der Waals surface area contributed by atoms with Crippen molar-refractivity contribution in [1.29, 1.82) is 0 Å². The molecule has 1 aromatic rings. The summed E-state index contributed by atoms with van der Waals surface area (Å²) in [6.45, 7) is 5.87. The number of nitrogens with zero attached hydrogens (tertiary/aromatic N) is 4. The van der Waals surface area contributed by atoms with E-state index in [0.717, 1.165) is 13.0 Å². The molecule has 31 heavy (non-hydrogen) atoms. The fraction of sp³-hybridized carbons (Fsp3) is 0.500. The Morgan fingerprint density at radius 2 is 2.00 bits per heavy atom. The summed E-state index contributed by atoms with van der Waals surface area (Å²) in [4.78, 5) is 29.4. The van der Waals surface area contributed by atoms with E-state index < -0.39 is 17.3 Å². The number of hydrogen-bond donors (Lipinski definition) is 0. The number of allylic oxidation sites excluding steroid dienone is 3. The van der Waals surface area contributed by atoms with E-state index in [1.807, 2.05) is 0 Å². The fourth-order valence-corrected chi connectivity index (χ4v) is 4.70. The van der Waals surface area contributed by atoms with Crippen LogP contribution in [0.25, 0.3) is 0 Å². The second kappa shape index (κ2) is 8.03. The van der Waals surface area contributed by atoms with Gasteiger partial charge >= 0.3 is 0 Å². The lowest BCUT2D eigenvalue weighted by atomic mass is 9.89. The molecule has 0 unspecified atom stereocenters. The Morgan fingerprint density at radius 1 is 1.29 bits per heavy atom. The van der Waals surface area contributed by atoms with Crippen LogP contribution in [0.1, 0.15) is 43.0 Å². The number of aryl methyl sites for hydroxylation is 1. The first-order chi connectivity index (χ1) is 14.7. The Labute approximate surface area is 179 Å². The summed E-state index contributed by atoms with van der Waals surface area (Å²) in [5.41, 5.74) is -0.0382. The van der Waals surface area contributed by atoms with Crippen molar-refractivity contribution in [2.24, 2.45) is 7.05 Å². The summed E-state index contributed by atoms with van der Waals surface area (Å²) < 4.78 is 34.6. The lowest BCUT2D eigenvalue weighted by molar-refractivity contribution is -0.142. The molecule has 3 aliphatic rings. The molecule has 2 atom stereocenters. The number of piperidine rings is 1. The predicted octanol–water partition coefficient (Wildman–Crippen LogP) is 3.03. The Morgan fingerprint density at radius 3 is 2.61 bits per heavy atom. The van der Waals surface area contributed by atoms with Gasteiger partial charge in [-0.15, -0.1) is 0 Å². The van der Waals surface area contributed by atoms with Gasteiger partial charge < -0.3 is 14.5 Å². The zero-order valence-corrected chi connectivity index (χ0v) is 17.7. The van der Waals surface area contributed by atoms with Crippen LogP contribution >= 0.6 is 0 Å². The molecule has 9 heteroatoms. The zero-order valence-electron chi connectivity index (χ0n) is 17.7. The average molecular weight is 432 g/mol. The van der Waals surface area contributed by atoms with Crippen LogP contribution < -0.4 is 0 Å². The highest BCUT2D eigenvalue weighted by Gasteiger charge is 2.58. The number of aromatic nitrogens is 2. The van der Waals surface area contributed by atoms with Gasteiger partial charge in [0.05, 0.1) is 23.6 Å². The van der Waals surface area contributed by atoms with E-state index in [-0.39, 0.29) is 24.1 Å². The highest BCUT2D eigenvalue weighted by atomic mass is 19.1. The van der Waals surface area contributed by atoms with Crippen molar-refractivity contribution in [2.45, 2.75) is 50.5 Å². The van der Waals surface area contributed by atoms with Gasteiger partial charge in [0.1, 0.15) is 12.1 Å². The van der Waals surface area contributed by atoms with E-state index in [4.69, 9.17) is 4.74 Å². The summed E-state index contributed by atoms with van der Waals surface area (Å²) in [7, 11) is 1.75. The average Bonchev–Trinajstić information content (AvgIpc) is 3.38. The van der Waals surface area contributed by atoms with Gasteiger partial charge in [0, 0.05) is 45.3 Å². The van der Waals surface area contributed by atoms with Crippen molar-refractivity contribution in [3.8, 4) is 0 Å². The summed E-state index contributed by atoms with van der Waals surface area (Å²) in [6, 6.07) is -0.383. The Balaban J connectivity index is 1.44. The molecule has 3 aliphatic heterocycles. The molecular formula is C22H26F2N4O3. The number of carbonyl (C=O) groups is 2. The molecule has 0 aliphatic carbocycles. The van der Waals surface area contributed by atoms with E-state index in [1.54, 1.807) is 27.7 Å². The number of carbonyl (C=O) groups excluding carboxylic acids is 2. The number of amides is 2. The first-order valence-corrected chi connectivity index (χ1v) is 10.4. The van der Waals surface area contributed by atoms with E-state index in [0.29, 0.717) is 49.9 Å². The standard InChI is InChI=1S/C22H26F2N4O3/c1-14(10-17(24)11-15(2)23)18-4-5-19-28(18)21(30)22(31-19)6-8-27(9-7-22)20(29)16-12-25-26(3)13-16/h10-13,18-19H,1,4-9H2,2-3H3/b15-11+,17-10+/t18-,19+/m0/s1. The molecule has 0 aromatic carbocycles. The lowest BCUT2D eigenvalue weighted by Gasteiger charge is -2.37. The number of ether oxygens (including phenoxy) is 1. The molecular weight excluding hydrogens is 406 g/mol. The van der Waals surface area contributed by atoms with E-state index >= 15 is 0 Å². The van der Waals surface area contributed by atoms with Gasteiger partial charge in [-0.2, -0.15) is 5.10 Å². The maximum atomic E-state index is 13.9. The first-order valence-electron chi connectivity index (χ1n) is 10.4. The third kappa shape index (κ3) is 3.94. The lowest BCUT2D eigenvalue weighted by Crippen LogP contribution is -2.52. The van der Waals surface area contributed by atoms with E-state index in [1.165, 1.54) is 12.3 Å². The third-order valence-corrected chi connectivity index (χ3v) is 6.22. The molecule has 0 saturated carbocycles. The van der Waals surface area contributed by atoms with Gasteiger partial charge in [-0.3, -0.25) is 14.3 Å². The minimum atomic E-state index is -0.965. The van der Waals surface area contributed by atoms with Crippen LogP contribution in [-0.4, -0.2) is 62.4 Å². The summed E-state index contributed by atoms with van der Waals surface area (Å²) in [5, 5.41) is 4.03. The number of likely N-dealkylation sites (tertiary alicyclic amines) is 1. The molecule has 7 nitrogen and oxygen atoms in total. The van der Waals surface area contributed by atoms with Gasteiger partial charge in [0.2, 0.25) is 0 Å². The molecule has 0 N–H and O–H groups in total. The monoisotopic (exact) mass is 432 g/mol. The summed E-state index contributed by atoms with van der Waals surface area (Å²) >= 11 is 0. The fourth-order valence-electron chi connectivity index (χ4n) is 4.70. The van der Waals surface area contributed by atoms with E-state index in [2.05, 4.69) is 11.7 Å². The molecule has 3 fully saturated rings. The minimum absolute atomic E-state index is 0.114. The molecule has 3 saturated heterocycles. The number of hydrogen-bond acceptors (Lipinski definition) is 4. The van der Waals surface area contributed by atoms with Gasteiger partial charge in [-0.25, -0.2) is 8.78 Å². The largest absolute Gasteiger partial charge is 0.342 e. The van der Waals surface area contributed by atoms with Crippen LogP contribution in [0.15, 0.2) is 48.4 Å². The van der Waals surface area contributed by atoms with Crippen molar-refractivity contribution >= 4 is 11.8 Å². The maximum absolute atomic E-state index is 13.9. The second-order valence-corrected chi connectivity index (χ2v) is 8.40. The van der Waals surface area contributed by atoms with Gasteiger partial charge in [-0.1, -0.05) is 6.58 Å². The van der Waals surface area contributed by atoms with Crippen molar-refractivity contribution in [2.75, 3.05) is 13.1 Å². The van der Waals surface area contributed by atoms with Crippen LogP contribution in [0.2, 0.25) is 0 Å². The van der Waals surface area contributed by atoms with Crippen molar-refractivity contribution in [1.82, 2.24) is 19.6 Å². The van der Waals surface area contributed by atoms with E-state index in [9.17, 15) is 18.4 Å². The maximum Gasteiger partial charge on any atom is 0.257 e. The van der Waals surface area contributed by atoms with Crippen molar-refractivity contribution in [3.05, 3.63) is 53.9 Å². The summed E-state index contributed by atoms with van der Waals surface area (Å²) in [6.07, 6.45) is 6.81. The normalized spacial score (nSPS) is 26.0. The minimum Gasteiger partial charge on any atom is -0.342 e. The molecule has 166 valence electrons. The molecule has 2 amide bonds.